The van der Waals surface area contributed by atoms with Crippen LogP contribution in [0, 0.1) is 5.82 Å². The van der Waals surface area contributed by atoms with Gasteiger partial charge in [0, 0.05) is 31.6 Å². The molecule has 0 spiro atoms. The molecule has 240 valence electrons. The first-order valence-electron chi connectivity index (χ1n) is 13.7. The summed E-state index contributed by atoms with van der Waals surface area (Å²) in [5, 5.41) is 28.1. The molecule has 0 saturated carbocycles. The van der Waals surface area contributed by atoms with Gasteiger partial charge in [-0.25, -0.2) is 9.18 Å². The number of H-pyrrole nitrogens is 1. The van der Waals surface area contributed by atoms with Gasteiger partial charge in [0.2, 0.25) is 5.91 Å². The third kappa shape index (κ3) is 8.38. The Hall–Kier alpha value is -5.38. The SMILES string of the molecule is CCN(Cc1ccc2nc(OC)[nH]c(=O)c2c1)c1ccc(C(=O)N(C(=O)CC[C@H](N)C(=O)O)[C@H](CCC(=O)O)C(=O)O)c(F)c1. The zero-order valence-corrected chi connectivity index (χ0v) is 24.4. The number of nitrogens with one attached hydrogen (secondary N) is 1. The van der Waals surface area contributed by atoms with Gasteiger partial charge < -0.3 is 30.7 Å². The molecule has 3 aromatic rings. The van der Waals surface area contributed by atoms with Gasteiger partial charge in [-0.3, -0.25) is 33.9 Å². The number of rotatable bonds is 15. The molecule has 0 bridgehead atoms. The average molecular weight is 630 g/mol. The van der Waals surface area contributed by atoms with Crippen molar-refractivity contribution in [2.24, 2.45) is 5.73 Å². The van der Waals surface area contributed by atoms with E-state index < -0.39 is 84.4 Å². The molecule has 2 aromatic carbocycles. The van der Waals surface area contributed by atoms with E-state index in [4.69, 9.17) is 20.7 Å². The Bertz CT molecular complexity index is 1680. The summed E-state index contributed by atoms with van der Waals surface area (Å²) in [6.07, 6.45) is -2.52. The largest absolute Gasteiger partial charge is 0.481 e. The minimum absolute atomic E-state index is 0.0567. The summed E-state index contributed by atoms with van der Waals surface area (Å²) in [4.78, 5) is 81.8. The molecule has 0 unspecified atom stereocenters. The summed E-state index contributed by atoms with van der Waals surface area (Å²) < 4.78 is 20.5. The number of carboxylic acid groups (broad SMARTS) is 3. The van der Waals surface area contributed by atoms with Crippen molar-refractivity contribution >= 4 is 46.3 Å². The van der Waals surface area contributed by atoms with Gasteiger partial charge in [-0.2, -0.15) is 4.98 Å². The van der Waals surface area contributed by atoms with Crippen LogP contribution < -0.4 is 20.9 Å². The Balaban J connectivity index is 1.92. The molecule has 0 fully saturated rings. The lowest BCUT2D eigenvalue weighted by atomic mass is 10.0. The van der Waals surface area contributed by atoms with E-state index >= 15 is 4.39 Å². The normalized spacial score (nSPS) is 12.3. The Labute approximate surface area is 255 Å². The standard InChI is InChI=1S/C29H32FN5O10/c1-3-34(14-15-4-8-21-18(12-15)25(39)33-29(32-21)45-2)16-5-6-17(19(30)13-16)26(40)35(22(28(43)44)9-11-24(37)38)23(36)10-7-20(31)27(41)42/h4-6,8,12-13,20,22H,3,7,9-11,14,31H2,1-2H3,(H,37,38)(H,41,42)(H,43,44)(H,32,33,39)/t20-,22+/m0/s1. The summed E-state index contributed by atoms with van der Waals surface area (Å²) in [6.45, 7) is 2.38. The Morgan fingerprint density at radius 2 is 1.73 bits per heavy atom. The summed E-state index contributed by atoms with van der Waals surface area (Å²) >= 11 is 0. The fourth-order valence-electron chi connectivity index (χ4n) is 4.54. The van der Waals surface area contributed by atoms with Crippen LogP contribution in [0.15, 0.2) is 41.2 Å². The van der Waals surface area contributed by atoms with Gasteiger partial charge in [-0.05, 0) is 55.7 Å². The highest BCUT2D eigenvalue weighted by Crippen LogP contribution is 2.25. The quantitative estimate of drug-likeness (QED) is 0.161. The van der Waals surface area contributed by atoms with Crippen LogP contribution in [0.5, 0.6) is 6.01 Å². The summed E-state index contributed by atoms with van der Waals surface area (Å²) in [7, 11) is 1.37. The van der Waals surface area contributed by atoms with Crippen molar-refractivity contribution < 1.29 is 48.4 Å². The van der Waals surface area contributed by atoms with Crippen molar-refractivity contribution in [1.29, 1.82) is 0 Å². The van der Waals surface area contributed by atoms with Crippen LogP contribution in [0.25, 0.3) is 10.9 Å². The number of methoxy groups -OCH3 is 1. The summed E-state index contributed by atoms with van der Waals surface area (Å²) in [5.74, 6) is -8.13. The minimum Gasteiger partial charge on any atom is -0.481 e. The second kappa shape index (κ2) is 14.9. The zero-order chi connectivity index (χ0) is 33.4. The number of carbonyl (C=O) groups is 5. The topological polar surface area (TPSA) is 234 Å². The van der Waals surface area contributed by atoms with Gasteiger partial charge in [0.1, 0.15) is 17.9 Å². The van der Waals surface area contributed by atoms with E-state index in [-0.39, 0.29) is 17.5 Å². The van der Waals surface area contributed by atoms with Gasteiger partial charge in [-0.15, -0.1) is 0 Å². The smallest absolute Gasteiger partial charge is 0.326 e. The van der Waals surface area contributed by atoms with Crippen molar-refractivity contribution in [2.45, 2.75) is 51.2 Å². The van der Waals surface area contributed by atoms with Gasteiger partial charge in [-0.1, -0.05) is 6.07 Å². The minimum atomic E-state index is -1.97. The van der Waals surface area contributed by atoms with Crippen molar-refractivity contribution in [3.8, 4) is 6.01 Å². The van der Waals surface area contributed by atoms with Crippen LogP contribution in [0.3, 0.4) is 0 Å². The number of imide groups is 1. The number of anilines is 1. The number of amides is 2. The van der Waals surface area contributed by atoms with E-state index in [0.717, 1.165) is 12.1 Å². The Morgan fingerprint density at radius 3 is 2.31 bits per heavy atom. The molecule has 16 heteroatoms. The molecule has 0 saturated heterocycles. The van der Waals surface area contributed by atoms with E-state index in [1.165, 1.54) is 13.2 Å². The number of aliphatic carboxylic acids is 3. The van der Waals surface area contributed by atoms with Crippen molar-refractivity contribution in [3.05, 3.63) is 63.7 Å². The molecule has 0 radical (unpaired) electrons. The maximum atomic E-state index is 15.5. The van der Waals surface area contributed by atoms with Gasteiger partial charge in [0.25, 0.3) is 17.5 Å². The highest BCUT2D eigenvalue weighted by molar-refractivity contribution is 6.07. The average Bonchev–Trinajstić information content (AvgIpc) is 2.99. The molecule has 15 nitrogen and oxygen atoms in total. The number of nitrogens with two attached hydrogens (primary N) is 1. The Kier molecular flexibility index (Phi) is 11.3. The number of nitrogens with zero attached hydrogens (tertiary/aromatic N) is 3. The van der Waals surface area contributed by atoms with Crippen LogP contribution in [0.1, 0.15) is 48.5 Å². The van der Waals surface area contributed by atoms with E-state index in [1.807, 2.05) is 0 Å². The molecule has 2 atom stereocenters. The van der Waals surface area contributed by atoms with Crippen LogP contribution in [-0.4, -0.2) is 85.6 Å². The second-order valence-electron chi connectivity index (χ2n) is 9.94. The van der Waals surface area contributed by atoms with Crippen molar-refractivity contribution in [2.75, 3.05) is 18.6 Å². The number of benzene rings is 2. The number of hydrogen-bond donors (Lipinski definition) is 5. The molecule has 3 rings (SSSR count). The lowest BCUT2D eigenvalue weighted by molar-refractivity contribution is -0.149. The number of carboxylic acids is 3. The third-order valence-corrected chi connectivity index (χ3v) is 6.95. The molecule has 0 aliphatic carbocycles. The number of carbonyl (C=O) groups excluding carboxylic acids is 2. The molecule has 1 heterocycles. The van der Waals surface area contributed by atoms with Crippen molar-refractivity contribution in [3.63, 3.8) is 0 Å². The fourth-order valence-corrected chi connectivity index (χ4v) is 4.54. The van der Waals surface area contributed by atoms with E-state index in [0.29, 0.717) is 28.7 Å². The molecular formula is C29H32FN5O10. The molecule has 6 N–H and O–H groups in total. The maximum absolute atomic E-state index is 15.5. The van der Waals surface area contributed by atoms with Gasteiger partial charge >= 0.3 is 17.9 Å². The molecule has 45 heavy (non-hydrogen) atoms. The molecule has 2 amide bonds. The first-order valence-corrected chi connectivity index (χ1v) is 13.7. The maximum Gasteiger partial charge on any atom is 0.326 e. The highest BCUT2D eigenvalue weighted by atomic mass is 19.1. The predicted octanol–water partition coefficient (Wildman–Crippen LogP) is 1.58. The first kappa shape index (κ1) is 34.1. The van der Waals surface area contributed by atoms with Gasteiger partial charge in [0.05, 0.1) is 23.6 Å². The number of hydrogen-bond acceptors (Lipinski definition) is 10. The number of ether oxygens (including phenoxy) is 1. The Morgan fingerprint density at radius 1 is 1.02 bits per heavy atom. The monoisotopic (exact) mass is 629 g/mol. The number of fused-ring (bicyclic) bond motifs is 1. The fraction of sp³-hybridized carbons (Fsp3) is 0.345. The van der Waals surface area contributed by atoms with E-state index in [1.54, 1.807) is 30.0 Å². The van der Waals surface area contributed by atoms with E-state index in [2.05, 4.69) is 9.97 Å². The van der Waals surface area contributed by atoms with Crippen LogP contribution in [0.2, 0.25) is 0 Å². The molecule has 1 aromatic heterocycles. The summed E-state index contributed by atoms with van der Waals surface area (Å²) in [6, 6.07) is 5.05. The van der Waals surface area contributed by atoms with Crippen LogP contribution in [-0.2, 0) is 25.7 Å². The lowest BCUT2D eigenvalue weighted by Gasteiger charge is -2.28. The number of halogens is 1. The molecule has 0 aliphatic heterocycles. The lowest BCUT2D eigenvalue weighted by Crippen LogP contribution is -2.49. The van der Waals surface area contributed by atoms with Crippen LogP contribution in [0.4, 0.5) is 10.1 Å². The predicted molar refractivity (Wildman–Crippen MR) is 156 cm³/mol. The first-order chi connectivity index (χ1) is 21.3. The van der Waals surface area contributed by atoms with Crippen molar-refractivity contribution in [1.82, 2.24) is 14.9 Å². The molecular weight excluding hydrogens is 597 g/mol. The number of aromatic nitrogens is 2. The third-order valence-electron chi connectivity index (χ3n) is 6.95. The second-order valence-corrected chi connectivity index (χ2v) is 9.94. The van der Waals surface area contributed by atoms with E-state index in [9.17, 15) is 33.9 Å². The van der Waals surface area contributed by atoms with Crippen LogP contribution >= 0.6 is 0 Å². The summed E-state index contributed by atoms with van der Waals surface area (Å²) in [5.41, 5.74) is 5.76. The number of aromatic amines is 1. The molecule has 0 aliphatic rings. The van der Waals surface area contributed by atoms with Gasteiger partial charge in [0.15, 0.2) is 0 Å². The zero-order valence-electron chi connectivity index (χ0n) is 24.4. The highest BCUT2D eigenvalue weighted by Gasteiger charge is 2.37.